The second-order valence-corrected chi connectivity index (χ2v) is 4.33. The Morgan fingerprint density at radius 2 is 1.76 bits per heavy atom. The van der Waals surface area contributed by atoms with Crippen LogP contribution in [0.2, 0.25) is 0 Å². The Hall–Kier alpha value is -2.50. The highest BCUT2D eigenvalue weighted by molar-refractivity contribution is 6.13. The number of nitrogens with two attached hydrogens (primary N) is 1. The minimum Gasteiger partial charge on any atom is -0.497 e. The molecule has 0 aliphatic carbocycles. The monoisotopic (exact) mass is 295 g/mol. The molecule has 2 aromatic rings. The first-order valence-electron chi connectivity index (χ1n) is 5.99. The van der Waals surface area contributed by atoms with E-state index in [1.54, 1.807) is 0 Å². The van der Waals surface area contributed by atoms with Gasteiger partial charge in [-0.3, -0.25) is 4.79 Å². The fourth-order valence-corrected chi connectivity index (χ4v) is 1.93. The first-order valence-corrected chi connectivity index (χ1v) is 5.99. The maximum atomic E-state index is 13.0. The van der Waals surface area contributed by atoms with Gasteiger partial charge in [0.15, 0.2) is 5.78 Å². The van der Waals surface area contributed by atoms with E-state index in [0.29, 0.717) is 5.75 Å². The van der Waals surface area contributed by atoms with Crippen LogP contribution < -0.4 is 10.5 Å². The minimum atomic E-state index is -4.61. The van der Waals surface area contributed by atoms with Crippen LogP contribution in [0.5, 0.6) is 5.75 Å². The summed E-state index contributed by atoms with van der Waals surface area (Å²) < 4.78 is 43.9. The van der Waals surface area contributed by atoms with Gasteiger partial charge in [-0.1, -0.05) is 18.2 Å². The molecule has 2 aromatic carbocycles. The van der Waals surface area contributed by atoms with Crippen molar-refractivity contribution in [2.75, 3.05) is 12.8 Å². The predicted molar refractivity (Wildman–Crippen MR) is 72.3 cm³/mol. The van der Waals surface area contributed by atoms with Crippen molar-refractivity contribution in [3.63, 3.8) is 0 Å². The topological polar surface area (TPSA) is 52.3 Å². The number of anilines is 1. The van der Waals surface area contributed by atoms with E-state index in [1.165, 1.54) is 37.4 Å². The average Bonchev–Trinajstić information content (AvgIpc) is 2.46. The third kappa shape index (κ3) is 2.99. The molecular formula is C15H12F3NO2. The molecule has 0 saturated carbocycles. The fraction of sp³-hybridized carbons (Fsp3) is 0.133. The third-order valence-electron chi connectivity index (χ3n) is 2.98. The van der Waals surface area contributed by atoms with Crippen LogP contribution in [0.3, 0.4) is 0 Å². The zero-order valence-corrected chi connectivity index (χ0v) is 11.1. The van der Waals surface area contributed by atoms with E-state index in [1.807, 2.05) is 0 Å². The normalized spacial score (nSPS) is 11.2. The van der Waals surface area contributed by atoms with Crippen molar-refractivity contribution in [1.82, 2.24) is 0 Å². The molecule has 0 bridgehead atoms. The number of halogens is 3. The maximum absolute atomic E-state index is 13.0. The standard InChI is InChI=1S/C15H12F3NO2/c1-21-9-6-7-13(19)11(8-9)14(20)10-4-2-3-5-12(10)15(16,17)18/h2-8H,19H2,1H3. The van der Waals surface area contributed by atoms with Crippen molar-refractivity contribution in [1.29, 1.82) is 0 Å². The van der Waals surface area contributed by atoms with Crippen LogP contribution in [-0.4, -0.2) is 12.9 Å². The second-order valence-electron chi connectivity index (χ2n) is 4.33. The van der Waals surface area contributed by atoms with Gasteiger partial charge in [-0.05, 0) is 24.3 Å². The van der Waals surface area contributed by atoms with Gasteiger partial charge in [0.2, 0.25) is 0 Å². The summed E-state index contributed by atoms with van der Waals surface area (Å²) in [6, 6.07) is 8.87. The third-order valence-corrected chi connectivity index (χ3v) is 2.98. The highest BCUT2D eigenvalue weighted by atomic mass is 19.4. The Labute approximate surface area is 119 Å². The predicted octanol–water partition coefficient (Wildman–Crippen LogP) is 3.53. The van der Waals surface area contributed by atoms with E-state index in [4.69, 9.17) is 10.5 Å². The minimum absolute atomic E-state index is 0.0222. The lowest BCUT2D eigenvalue weighted by Gasteiger charge is -2.13. The number of carbonyl (C=O) groups is 1. The molecule has 0 aliphatic rings. The van der Waals surface area contributed by atoms with Gasteiger partial charge in [0.25, 0.3) is 0 Å². The van der Waals surface area contributed by atoms with Gasteiger partial charge in [-0.25, -0.2) is 0 Å². The molecular weight excluding hydrogens is 283 g/mol. The Balaban J connectivity index is 2.56. The lowest BCUT2D eigenvalue weighted by Crippen LogP contribution is -2.14. The SMILES string of the molecule is COc1ccc(N)c(C(=O)c2ccccc2C(F)(F)F)c1. The summed E-state index contributed by atoms with van der Waals surface area (Å²) in [5.41, 5.74) is 4.33. The van der Waals surface area contributed by atoms with Crippen molar-refractivity contribution in [3.05, 3.63) is 59.2 Å². The number of carbonyl (C=O) groups excluding carboxylic acids is 1. The summed E-state index contributed by atoms with van der Waals surface area (Å²) in [6.45, 7) is 0. The average molecular weight is 295 g/mol. The smallest absolute Gasteiger partial charge is 0.417 e. The van der Waals surface area contributed by atoms with Crippen molar-refractivity contribution >= 4 is 11.5 Å². The van der Waals surface area contributed by atoms with E-state index in [0.717, 1.165) is 12.1 Å². The largest absolute Gasteiger partial charge is 0.497 e. The van der Waals surface area contributed by atoms with Crippen LogP contribution in [0.4, 0.5) is 18.9 Å². The Kier molecular flexibility index (Phi) is 3.88. The zero-order chi connectivity index (χ0) is 15.6. The maximum Gasteiger partial charge on any atom is 0.417 e. The van der Waals surface area contributed by atoms with Gasteiger partial charge in [0, 0.05) is 16.8 Å². The number of ether oxygens (including phenoxy) is 1. The molecule has 110 valence electrons. The summed E-state index contributed by atoms with van der Waals surface area (Å²) in [7, 11) is 1.39. The summed E-state index contributed by atoms with van der Waals surface area (Å²) >= 11 is 0. The highest BCUT2D eigenvalue weighted by Gasteiger charge is 2.35. The molecule has 0 aliphatic heterocycles. The number of alkyl halides is 3. The Morgan fingerprint density at radius 3 is 2.38 bits per heavy atom. The van der Waals surface area contributed by atoms with Crippen LogP contribution in [0, 0.1) is 0 Å². The van der Waals surface area contributed by atoms with Crippen LogP contribution >= 0.6 is 0 Å². The lowest BCUT2D eigenvalue weighted by atomic mass is 9.97. The summed E-state index contributed by atoms with van der Waals surface area (Å²) in [4.78, 5) is 12.4. The number of hydrogen-bond donors (Lipinski definition) is 1. The molecule has 0 atom stereocenters. The molecule has 0 heterocycles. The number of nitrogen functional groups attached to an aromatic ring is 1. The van der Waals surface area contributed by atoms with Crippen LogP contribution in [-0.2, 0) is 6.18 Å². The van der Waals surface area contributed by atoms with E-state index in [2.05, 4.69) is 0 Å². The quantitative estimate of drug-likeness (QED) is 0.696. The molecule has 2 N–H and O–H groups in total. The van der Waals surface area contributed by atoms with Gasteiger partial charge in [0.1, 0.15) is 5.75 Å². The molecule has 0 unspecified atom stereocenters. The van der Waals surface area contributed by atoms with Crippen molar-refractivity contribution in [3.8, 4) is 5.75 Å². The molecule has 0 aromatic heterocycles. The number of ketones is 1. The van der Waals surface area contributed by atoms with Crippen molar-refractivity contribution < 1.29 is 22.7 Å². The summed E-state index contributed by atoms with van der Waals surface area (Å²) in [6.07, 6.45) is -4.61. The molecule has 2 rings (SSSR count). The number of methoxy groups -OCH3 is 1. The van der Waals surface area contributed by atoms with Crippen LogP contribution in [0.1, 0.15) is 21.5 Å². The van der Waals surface area contributed by atoms with E-state index in [-0.39, 0.29) is 11.3 Å². The molecule has 0 saturated heterocycles. The summed E-state index contributed by atoms with van der Waals surface area (Å²) in [5.74, 6) is -0.448. The van der Waals surface area contributed by atoms with Crippen LogP contribution in [0.25, 0.3) is 0 Å². The van der Waals surface area contributed by atoms with E-state index < -0.39 is 23.1 Å². The Bertz CT molecular complexity index is 681. The molecule has 3 nitrogen and oxygen atoms in total. The second kappa shape index (κ2) is 5.47. The van der Waals surface area contributed by atoms with Crippen molar-refractivity contribution in [2.45, 2.75) is 6.18 Å². The highest BCUT2D eigenvalue weighted by Crippen LogP contribution is 2.33. The molecule has 0 amide bonds. The molecule has 0 spiro atoms. The molecule has 6 heteroatoms. The number of rotatable bonds is 3. The lowest BCUT2D eigenvalue weighted by molar-refractivity contribution is -0.137. The summed E-state index contributed by atoms with van der Waals surface area (Å²) in [5, 5.41) is 0. The zero-order valence-electron chi connectivity index (χ0n) is 11.1. The van der Waals surface area contributed by atoms with E-state index >= 15 is 0 Å². The Morgan fingerprint density at radius 1 is 1.10 bits per heavy atom. The fourth-order valence-electron chi connectivity index (χ4n) is 1.93. The van der Waals surface area contributed by atoms with Gasteiger partial charge < -0.3 is 10.5 Å². The first-order chi connectivity index (χ1) is 9.84. The van der Waals surface area contributed by atoms with Crippen LogP contribution in [0.15, 0.2) is 42.5 Å². The van der Waals surface area contributed by atoms with Gasteiger partial charge in [-0.15, -0.1) is 0 Å². The number of benzene rings is 2. The van der Waals surface area contributed by atoms with Gasteiger partial charge in [-0.2, -0.15) is 13.2 Å². The molecule has 21 heavy (non-hydrogen) atoms. The van der Waals surface area contributed by atoms with E-state index in [9.17, 15) is 18.0 Å². The molecule has 0 fully saturated rings. The van der Waals surface area contributed by atoms with Crippen molar-refractivity contribution in [2.24, 2.45) is 0 Å². The van der Waals surface area contributed by atoms with Gasteiger partial charge in [0.05, 0.1) is 12.7 Å². The van der Waals surface area contributed by atoms with Gasteiger partial charge >= 0.3 is 6.18 Å². The molecule has 0 radical (unpaired) electrons. The number of hydrogen-bond acceptors (Lipinski definition) is 3. The first kappa shape index (κ1) is 14.9.